The van der Waals surface area contributed by atoms with Crippen LogP contribution in [0.5, 0.6) is 0 Å². The van der Waals surface area contributed by atoms with Crippen LogP contribution < -0.4 is 10.5 Å². The van der Waals surface area contributed by atoms with Gasteiger partial charge in [-0.1, -0.05) is 29.3 Å². The van der Waals surface area contributed by atoms with Crippen LogP contribution in [0.3, 0.4) is 0 Å². The number of benzene rings is 1. The summed E-state index contributed by atoms with van der Waals surface area (Å²) in [6.07, 6.45) is -0.0819. The lowest BCUT2D eigenvalue weighted by molar-refractivity contribution is -0.912. The first-order valence-corrected chi connectivity index (χ1v) is 11.1. The molecule has 3 aromatic heterocycles. The molecule has 12 heteroatoms. The highest BCUT2D eigenvalue weighted by Gasteiger charge is 2.50. The minimum absolute atomic E-state index is 0.00864. The van der Waals surface area contributed by atoms with Crippen molar-refractivity contribution in [2.24, 2.45) is 0 Å². The van der Waals surface area contributed by atoms with E-state index in [0.717, 1.165) is 18.3 Å². The number of H-pyrrole nitrogens is 1. The Balaban J connectivity index is 1.59. The molecule has 35 heavy (non-hydrogen) atoms. The molecule has 5 rings (SSSR count). The average molecular weight is 523 g/mol. The van der Waals surface area contributed by atoms with Crippen molar-refractivity contribution in [2.45, 2.75) is 24.9 Å². The van der Waals surface area contributed by atoms with Crippen LogP contribution >= 0.6 is 23.2 Å². The van der Waals surface area contributed by atoms with Gasteiger partial charge in [0, 0.05) is 27.0 Å². The fourth-order valence-electron chi connectivity index (χ4n) is 4.44. The third kappa shape index (κ3) is 3.78. The number of hydrogen-bond donors (Lipinski definition) is 4. The Morgan fingerprint density at radius 1 is 1.20 bits per heavy atom. The predicted octanol–water partition coefficient (Wildman–Crippen LogP) is 4.81. The number of aryl methyl sites for hydroxylation is 1. The summed E-state index contributed by atoms with van der Waals surface area (Å²) in [5.74, 6) is -0.663. The second-order valence-corrected chi connectivity index (χ2v) is 8.92. The number of alkyl halides is 2. The number of pyridine rings is 2. The molecule has 0 saturated heterocycles. The van der Waals surface area contributed by atoms with Crippen LogP contribution in [0.25, 0.3) is 22.4 Å². The lowest BCUT2D eigenvalue weighted by atomic mass is 9.97. The standard InChI is InChI=1S/C23H17Cl2F3N5O2/c24-14-3-1-13(21(27)28)17(18(14)26)11-7-10-5-6-23(34,19(10)33(35)9-11)22-30-8-15(31-22)12-2-4-16(29)32-20(12)25/h1-4,7-9,21,34-35H,5-6H2,(H2,29,32)(H,30,31)/q+1. The van der Waals surface area contributed by atoms with Crippen molar-refractivity contribution in [3.05, 3.63) is 81.4 Å². The molecule has 5 N–H and O–H groups in total. The number of aliphatic hydroxyl groups is 1. The minimum atomic E-state index is -2.97. The van der Waals surface area contributed by atoms with Crippen LogP contribution in [0, 0.1) is 5.82 Å². The summed E-state index contributed by atoms with van der Waals surface area (Å²) >= 11 is 12.0. The Labute approximate surface area is 206 Å². The average Bonchev–Trinajstić information content (AvgIpc) is 3.41. The van der Waals surface area contributed by atoms with Crippen molar-refractivity contribution in [3.8, 4) is 22.4 Å². The fourth-order valence-corrected chi connectivity index (χ4v) is 4.86. The number of fused-ring (bicyclic) bond motifs is 1. The molecule has 1 aliphatic rings. The Morgan fingerprint density at radius 2 is 1.97 bits per heavy atom. The van der Waals surface area contributed by atoms with E-state index in [1.54, 1.807) is 12.1 Å². The van der Waals surface area contributed by atoms with Gasteiger partial charge in [-0.3, -0.25) is 5.21 Å². The number of halogens is 5. The van der Waals surface area contributed by atoms with E-state index in [0.29, 0.717) is 21.6 Å². The molecular weight excluding hydrogens is 506 g/mol. The predicted molar refractivity (Wildman–Crippen MR) is 122 cm³/mol. The van der Waals surface area contributed by atoms with Gasteiger partial charge in [-0.2, -0.15) is 0 Å². The summed E-state index contributed by atoms with van der Waals surface area (Å²) in [5.41, 5.74) is 4.37. The van der Waals surface area contributed by atoms with Crippen LogP contribution in [-0.4, -0.2) is 25.3 Å². The molecular formula is C23H17Cl2F3N5O2+. The first kappa shape index (κ1) is 23.4. The van der Waals surface area contributed by atoms with E-state index < -0.39 is 29.0 Å². The topological polar surface area (TPSA) is 112 Å². The molecule has 4 aromatic rings. The zero-order chi connectivity index (χ0) is 25.1. The summed E-state index contributed by atoms with van der Waals surface area (Å²) in [4.78, 5) is 11.3. The van der Waals surface area contributed by atoms with E-state index in [-0.39, 0.29) is 45.9 Å². The van der Waals surface area contributed by atoms with Crippen molar-refractivity contribution in [1.82, 2.24) is 15.0 Å². The Bertz CT molecular complexity index is 1480. The van der Waals surface area contributed by atoms with Gasteiger partial charge in [0.2, 0.25) is 11.8 Å². The maximum absolute atomic E-state index is 14.8. The number of aromatic nitrogens is 4. The maximum Gasteiger partial charge on any atom is 0.276 e. The number of hydrogen-bond acceptors (Lipinski definition) is 5. The van der Waals surface area contributed by atoms with Gasteiger partial charge in [0.1, 0.15) is 22.6 Å². The van der Waals surface area contributed by atoms with Crippen LogP contribution in [0.2, 0.25) is 10.2 Å². The zero-order valence-corrected chi connectivity index (χ0v) is 19.2. The molecule has 0 amide bonds. The van der Waals surface area contributed by atoms with E-state index in [2.05, 4.69) is 15.0 Å². The first-order chi connectivity index (χ1) is 16.6. The second-order valence-electron chi connectivity index (χ2n) is 8.15. The summed E-state index contributed by atoms with van der Waals surface area (Å²) in [5, 5.41) is 22.1. The highest BCUT2D eigenvalue weighted by Crippen LogP contribution is 2.42. The molecule has 0 aliphatic heterocycles. The normalized spacial score (nSPS) is 17.2. The van der Waals surface area contributed by atoms with E-state index in [4.69, 9.17) is 28.9 Å². The van der Waals surface area contributed by atoms with E-state index >= 15 is 0 Å². The third-order valence-corrected chi connectivity index (χ3v) is 6.63. The van der Waals surface area contributed by atoms with Gasteiger partial charge in [0.05, 0.1) is 22.5 Å². The van der Waals surface area contributed by atoms with Crippen LogP contribution in [0.15, 0.2) is 42.7 Å². The molecule has 1 atom stereocenters. The van der Waals surface area contributed by atoms with Gasteiger partial charge in [-0.15, -0.1) is 0 Å². The number of imidazole rings is 1. The van der Waals surface area contributed by atoms with Crippen molar-refractivity contribution in [1.29, 1.82) is 0 Å². The molecule has 0 spiro atoms. The summed E-state index contributed by atoms with van der Waals surface area (Å²) in [7, 11) is 0. The molecule has 0 bridgehead atoms. The molecule has 0 radical (unpaired) electrons. The zero-order valence-electron chi connectivity index (χ0n) is 17.7. The molecule has 1 unspecified atom stereocenters. The lowest BCUT2D eigenvalue weighted by Gasteiger charge is -2.17. The van der Waals surface area contributed by atoms with Gasteiger partial charge < -0.3 is 15.8 Å². The number of rotatable bonds is 4. The quantitative estimate of drug-likeness (QED) is 0.174. The molecule has 180 valence electrons. The molecule has 3 heterocycles. The highest BCUT2D eigenvalue weighted by atomic mass is 35.5. The minimum Gasteiger partial charge on any atom is -0.384 e. The SMILES string of the molecule is Nc1ccc(-c2cnc(C3(O)CCc4cc(-c5c(C(F)F)ccc(Cl)c5F)c[n+](O)c43)[nH]2)c(Cl)n1. The van der Waals surface area contributed by atoms with Crippen molar-refractivity contribution < 1.29 is 28.2 Å². The van der Waals surface area contributed by atoms with Crippen molar-refractivity contribution in [3.63, 3.8) is 0 Å². The van der Waals surface area contributed by atoms with Crippen LogP contribution in [0.4, 0.5) is 19.0 Å². The molecule has 1 aliphatic carbocycles. The molecule has 0 fully saturated rings. The van der Waals surface area contributed by atoms with Gasteiger partial charge in [-0.25, -0.2) is 23.1 Å². The number of nitrogens with one attached hydrogen (secondary N) is 1. The Kier molecular flexibility index (Phi) is 5.62. The van der Waals surface area contributed by atoms with Crippen molar-refractivity contribution >= 4 is 29.0 Å². The number of nitrogens with two attached hydrogens (primary N) is 1. The first-order valence-electron chi connectivity index (χ1n) is 10.3. The molecule has 7 nitrogen and oxygen atoms in total. The van der Waals surface area contributed by atoms with Gasteiger partial charge in [0.15, 0.2) is 0 Å². The summed E-state index contributed by atoms with van der Waals surface area (Å²) in [6.45, 7) is 0. The van der Waals surface area contributed by atoms with Crippen LogP contribution in [0.1, 0.15) is 35.5 Å². The van der Waals surface area contributed by atoms with Crippen LogP contribution in [-0.2, 0) is 12.0 Å². The number of nitrogen functional groups attached to an aromatic ring is 1. The summed E-state index contributed by atoms with van der Waals surface area (Å²) in [6, 6.07) is 6.75. The van der Waals surface area contributed by atoms with Gasteiger partial charge in [0.25, 0.3) is 12.1 Å². The monoisotopic (exact) mass is 522 g/mol. The largest absolute Gasteiger partial charge is 0.384 e. The highest BCUT2D eigenvalue weighted by molar-refractivity contribution is 6.32. The maximum atomic E-state index is 14.8. The fraction of sp³-hybridized carbons (Fsp3) is 0.174. The lowest BCUT2D eigenvalue weighted by Crippen LogP contribution is -2.44. The number of aromatic amines is 1. The number of nitrogens with zero attached hydrogens (tertiary/aromatic N) is 3. The third-order valence-electron chi connectivity index (χ3n) is 6.05. The van der Waals surface area contributed by atoms with Gasteiger partial charge >= 0.3 is 0 Å². The Morgan fingerprint density at radius 3 is 2.69 bits per heavy atom. The Hall–Kier alpha value is -3.34. The van der Waals surface area contributed by atoms with E-state index in [1.165, 1.54) is 12.3 Å². The smallest absolute Gasteiger partial charge is 0.276 e. The van der Waals surface area contributed by atoms with Crippen molar-refractivity contribution in [2.75, 3.05) is 5.73 Å². The second kappa shape index (κ2) is 8.40. The van der Waals surface area contributed by atoms with Gasteiger partial charge in [-0.05, 0) is 37.1 Å². The van der Waals surface area contributed by atoms with E-state index in [9.17, 15) is 23.5 Å². The number of anilines is 1. The summed E-state index contributed by atoms with van der Waals surface area (Å²) < 4.78 is 42.6. The molecule has 0 saturated carbocycles. The van der Waals surface area contributed by atoms with E-state index in [1.807, 2.05) is 0 Å². The molecule has 1 aromatic carbocycles.